The first-order valence-corrected chi connectivity index (χ1v) is 9.86. The van der Waals surface area contributed by atoms with Gasteiger partial charge < -0.3 is 15.4 Å². The van der Waals surface area contributed by atoms with Crippen LogP contribution in [0.1, 0.15) is 26.6 Å². The molecule has 22 heavy (non-hydrogen) atoms. The van der Waals surface area contributed by atoms with Crippen LogP contribution in [-0.2, 0) is 0 Å². The molecular weight excluding hydrogens is 298 g/mol. The highest BCUT2D eigenvalue weighted by molar-refractivity contribution is 6.74. The molecule has 2 rings (SSSR count). The Bertz CT molecular complexity index is 752. The summed E-state index contributed by atoms with van der Waals surface area (Å²) >= 11 is 0. The van der Waals surface area contributed by atoms with Gasteiger partial charge in [-0.2, -0.15) is 4.73 Å². The van der Waals surface area contributed by atoms with Crippen molar-refractivity contribution >= 4 is 25.3 Å². The quantitative estimate of drug-likeness (QED) is 0.637. The molecule has 0 saturated carbocycles. The highest BCUT2D eigenvalue weighted by atomic mass is 28.4. The number of imidazole rings is 1. The van der Waals surface area contributed by atoms with E-state index in [0.29, 0.717) is 17.0 Å². The number of aliphatic hydroxyl groups excluding tert-OH is 1. The first-order chi connectivity index (χ1) is 10.2. The van der Waals surface area contributed by atoms with Crippen molar-refractivity contribution in [2.75, 3.05) is 12.3 Å². The number of anilines is 1. The number of aliphatic hydroxyl groups is 1. The van der Waals surface area contributed by atoms with Gasteiger partial charge in [-0.25, -0.2) is 15.0 Å². The number of nitrogens with two attached hydrogens (primary N) is 1. The van der Waals surface area contributed by atoms with Crippen molar-refractivity contribution in [3.8, 4) is 11.8 Å². The molecule has 0 radical (unpaired) electrons. The largest absolute Gasteiger partial charge is 0.466 e. The summed E-state index contributed by atoms with van der Waals surface area (Å²) in [4.78, 5) is 12.5. The van der Waals surface area contributed by atoms with Crippen molar-refractivity contribution in [1.29, 1.82) is 0 Å². The van der Waals surface area contributed by atoms with Gasteiger partial charge in [-0.15, -0.1) is 0 Å². The molecule has 0 amide bonds. The molecule has 3 N–H and O–H groups in total. The molecule has 8 heteroatoms. The van der Waals surface area contributed by atoms with Crippen LogP contribution in [-0.4, -0.2) is 39.7 Å². The van der Waals surface area contributed by atoms with Gasteiger partial charge in [0.15, 0.2) is 11.3 Å². The van der Waals surface area contributed by atoms with E-state index < -0.39 is 8.32 Å². The molecule has 2 heterocycles. The maximum absolute atomic E-state index is 8.91. The molecule has 2 aromatic heterocycles. The lowest BCUT2D eigenvalue weighted by molar-refractivity contribution is 0.256. The van der Waals surface area contributed by atoms with Gasteiger partial charge in [0.2, 0.25) is 11.5 Å². The lowest BCUT2D eigenvalue weighted by Gasteiger charge is -2.35. The zero-order valence-corrected chi connectivity index (χ0v) is 14.5. The second-order valence-electron chi connectivity index (χ2n) is 6.47. The minimum Gasteiger partial charge on any atom is -0.466 e. The number of nitrogen functional groups attached to an aromatic ring is 1. The highest BCUT2D eigenvalue weighted by Gasteiger charge is 2.41. The zero-order valence-electron chi connectivity index (χ0n) is 13.5. The van der Waals surface area contributed by atoms with Crippen molar-refractivity contribution in [3.63, 3.8) is 0 Å². The first-order valence-electron chi connectivity index (χ1n) is 6.95. The predicted octanol–water partition coefficient (Wildman–Crippen LogP) is 1.19. The van der Waals surface area contributed by atoms with E-state index in [1.807, 2.05) is 0 Å². The Balaban J connectivity index is 2.62. The number of rotatable bonds is 2. The molecule has 7 nitrogen and oxygen atoms in total. The zero-order chi connectivity index (χ0) is 16.5. The maximum atomic E-state index is 8.91. The average Bonchev–Trinajstić information content (AvgIpc) is 2.74. The van der Waals surface area contributed by atoms with Gasteiger partial charge >= 0.3 is 0 Å². The summed E-state index contributed by atoms with van der Waals surface area (Å²) in [6, 6.07) is 0. The van der Waals surface area contributed by atoms with E-state index in [4.69, 9.17) is 15.4 Å². The number of fused-ring (bicyclic) bond motifs is 1. The predicted molar refractivity (Wildman–Crippen MR) is 87.5 cm³/mol. The van der Waals surface area contributed by atoms with Gasteiger partial charge in [0, 0.05) is 0 Å². The molecule has 0 saturated heterocycles. The fourth-order valence-corrected chi connectivity index (χ4v) is 2.44. The van der Waals surface area contributed by atoms with Gasteiger partial charge in [-0.1, -0.05) is 26.7 Å². The Morgan fingerprint density at radius 2 is 2.05 bits per heavy atom. The normalized spacial score (nSPS) is 12.1. The van der Waals surface area contributed by atoms with Crippen molar-refractivity contribution < 1.29 is 9.63 Å². The van der Waals surface area contributed by atoms with Crippen LogP contribution in [0, 0.1) is 11.8 Å². The van der Waals surface area contributed by atoms with Crippen LogP contribution >= 0.6 is 0 Å². The Kier molecular flexibility index (Phi) is 4.13. The number of aromatic nitrogens is 4. The number of hydrogen-bond donors (Lipinski definition) is 2. The van der Waals surface area contributed by atoms with Gasteiger partial charge in [-0.05, 0) is 24.1 Å². The minimum atomic E-state index is -2.12. The Labute approximate surface area is 130 Å². The summed E-state index contributed by atoms with van der Waals surface area (Å²) in [5.41, 5.74) is 6.78. The molecule has 0 atom stereocenters. The van der Waals surface area contributed by atoms with E-state index >= 15 is 0 Å². The molecule has 0 bridgehead atoms. The molecule has 0 aliphatic heterocycles. The molecule has 0 spiro atoms. The Morgan fingerprint density at radius 3 is 2.64 bits per heavy atom. The van der Waals surface area contributed by atoms with Gasteiger partial charge in [-0.3, -0.25) is 0 Å². The van der Waals surface area contributed by atoms with Gasteiger partial charge in [0.1, 0.15) is 12.9 Å². The van der Waals surface area contributed by atoms with Crippen LogP contribution < -0.4 is 10.3 Å². The highest BCUT2D eigenvalue weighted by Crippen LogP contribution is 2.35. The molecule has 118 valence electrons. The third kappa shape index (κ3) is 2.91. The Hall–Kier alpha value is -2.11. The summed E-state index contributed by atoms with van der Waals surface area (Å²) in [6.07, 6.45) is 1.37. The van der Waals surface area contributed by atoms with Crippen LogP contribution in [0.2, 0.25) is 18.1 Å². The second-order valence-corrected chi connectivity index (χ2v) is 11.2. The van der Waals surface area contributed by atoms with E-state index in [-0.39, 0.29) is 17.5 Å². The standard InChI is InChI=1S/C14H21N5O2Si/c1-14(2,3)22(4,5)21-19-10(7-6-8-20)18-11-12(15)16-9-17-13(11)19/h9,20H,8H2,1-5H3,(H2,15,16,17). The van der Waals surface area contributed by atoms with E-state index in [1.54, 1.807) is 0 Å². The van der Waals surface area contributed by atoms with Gasteiger partial charge in [0.25, 0.3) is 8.32 Å². The van der Waals surface area contributed by atoms with E-state index in [0.717, 1.165) is 0 Å². The monoisotopic (exact) mass is 319 g/mol. The van der Waals surface area contributed by atoms with Crippen molar-refractivity contribution in [2.24, 2.45) is 0 Å². The van der Waals surface area contributed by atoms with Crippen LogP contribution in [0.25, 0.3) is 11.2 Å². The van der Waals surface area contributed by atoms with Crippen LogP contribution in [0.5, 0.6) is 0 Å². The van der Waals surface area contributed by atoms with E-state index in [9.17, 15) is 0 Å². The summed E-state index contributed by atoms with van der Waals surface area (Å²) in [7, 11) is -2.12. The Morgan fingerprint density at radius 1 is 1.36 bits per heavy atom. The third-order valence-electron chi connectivity index (χ3n) is 3.84. The third-order valence-corrected chi connectivity index (χ3v) is 8.09. The summed E-state index contributed by atoms with van der Waals surface area (Å²) in [5, 5.41) is 8.92. The van der Waals surface area contributed by atoms with Crippen molar-refractivity contribution in [2.45, 2.75) is 38.9 Å². The molecule has 2 aromatic rings. The second kappa shape index (κ2) is 5.59. The topological polar surface area (TPSA) is 99.1 Å². The van der Waals surface area contributed by atoms with Crippen LogP contribution in [0.3, 0.4) is 0 Å². The smallest absolute Gasteiger partial charge is 0.284 e. The maximum Gasteiger partial charge on any atom is 0.284 e. The number of nitrogens with zero attached hydrogens (tertiary/aromatic N) is 4. The molecular formula is C14H21N5O2Si. The fourth-order valence-electron chi connectivity index (χ4n) is 1.54. The van der Waals surface area contributed by atoms with E-state index in [2.05, 4.69) is 60.7 Å². The molecule has 0 unspecified atom stereocenters. The molecule has 0 aliphatic rings. The summed E-state index contributed by atoms with van der Waals surface area (Å²) < 4.78 is 7.79. The SMILES string of the molecule is CC(C)(C)[Si](C)(C)On1c(C#CCO)nc2c(N)ncnc21. The van der Waals surface area contributed by atoms with E-state index in [1.165, 1.54) is 11.1 Å². The van der Waals surface area contributed by atoms with Crippen LogP contribution in [0.15, 0.2) is 6.33 Å². The fraction of sp³-hybridized carbons (Fsp3) is 0.500. The lowest BCUT2D eigenvalue weighted by Crippen LogP contribution is -2.48. The minimum absolute atomic E-state index is 0.00381. The molecule has 0 aliphatic carbocycles. The van der Waals surface area contributed by atoms with Crippen molar-refractivity contribution in [3.05, 3.63) is 12.2 Å². The van der Waals surface area contributed by atoms with Crippen LogP contribution in [0.4, 0.5) is 5.82 Å². The van der Waals surface area contributed by atoms with Crippen molar-refractivity contribution in [1.82, 2.24) is 19.7 Å². The lowest BCUT2D eigenvalue weighted by atomic mass is 10.2. The number of hydrogen-bond acceptors (Lipinski definition) is 6. The summed E-state index contributed by atoms with van der Waals surface area (Å²) in [6.45, 7) is 10.4. The molecule has 0 aromatic carbocycles. The average molecular weight is 319 g/mol. The molecule has 0 fully saturated rings. The van der Waals surface area contributed by atoms with Gasteiger partial charge in [0.05, 0.1) is 0 Å². The first kappa shape index (κ1) is 16.3. The summed E-state index contributed by atoms with van der Waals surface area (Å²) in [5.74, 6) is 5.99.